The Bertz CT molecular complexity index is 6280. The summed E-state index contributed by atoms with van der Waals surface area (Å²) in [6.45, 7) is 0. The topological polar surface area (TPSA) is 36.1 Å². The fourth-order valence-corrected chi connectivity index (χ4v) is 16.9. The summed E-state index contributed by atoms with van der Waals surface area (Å²) < 4.78 is 23.2. The summed E-state index contributed by atoms with van der Waals surface area (Å²) in [5.41, 5.74) is 22.6. The van der Waals surface area contributed by atoms with Crippen LogP contribution in [-0.2, 0) is 0 Å². The number of thiophene rings is 2. The first-order chi connectivity index (χ1) is 45.6. The first-order valence-corrected chi connectivity index (χ1v) is 32.8. The number of fused-ring (bicyclic) bond motifs is 18. The molecule has 0 spiro atoms. The molecule has 6 heteroatoms. The predicted octanol–water partition coefficient (Wildman–Crippen LogP) is 25.3. The summed E-state index contributed by atoms with van der Waals surface area (Å²) >= 11 is 3.77. The molecule has 0 radical (unpaired) electrons. The molecule has 14 aromatic carbocycles. The lowest BCUT2D eigenvalue weighted by Crippen LogP contribution is -1.92. The van der Waals surface area contributed by atoms with Crippen molar-refractivity contribution < 1.29 is 8.83 Å². The molecular formula is C86H52N2O2S2. The largest absolute Gasteiger partial charge is 0.454 e. The van der Waals surface area contributed by atoms with E-state index in [9.17, 15) is 0 Å². The Morgan fingerprint density at radius 2 is 0.641 bits per heavy atom. The molecule has 0 fully saturated rings. The normalized spacial score (nSPS) is 11.9. The lowest BCUT2D eigenvalue weighted by Gasteiger charge is -2.08. The van der Waals surface area contributed by atoms with Gasteiger partial charge in [-0.1, -0.05) is 231 Å². The van der Waals surface area contributed by atoms with E-state index in [-0.39, 0.29) is 0 Å². The molecule has 430 valence electrons. The summed E-state index contributed by atoms with van der Waals surface area (Å²) in [6, 6.07) is 113. The van der Waals surface area contributed by atoms with E-state index in [4.69, 9.17) is 8.83 Å². The van der Waals surface area contributed by atoms with Gasteiger partial charge < -0.3 is 18.0 Å². The number of hydrogen-bond donors (Lipinski definition) is 0. The van der Waals surface area contributed by atoms with Crippen molar-refractivity contribution in [3.8, 4) is 67.0 Å². The summed E-state index contributed by atoms with van der Waals surface area (Å²) in [5, 5.41) is 12.4. The van der Waals surface area contributed by atoms with Crippen molar-refractivity contribution in [3.05, 3.63) is 315 Å². The molecule has 20 rings (SSSR count). The van der Waals surface area contributed by atoms with Crippen LogP contribution in [0.4, 0.5) is 0 Å². The molecule has 0 N–H and O–H groups in total. The minimum atomic E-state index is 0.899. The summed E-state index contributed by atoms with van der Waals surface area (Å²) in [6.07, 6.45) is 0. The van der Waals surface area contributed by atoms with Gasteiger partial charge in [-0.3, -0.25) is 0 Å². The molecule has 4 nitrogen and oxygen atoms in total. The molecule has 0 aliphatic rings. The van der Waals surface area contributed by atoms with Crippen molar-refractivity contribution >= 4 is 140 Å². The molecule has 0 aliphatic carbocycles. The third-order valence-corrected chi connectivity index (χ3v) is 21.0. The van der Waals surface area contributed by atoms with Crippen molar-refractivity contribution in [2.45, 2.75) is 0 Å². The maximum atomic E-state index is 6.63. The van der Waals surface area contributed by atoms with Crippen molar-refractivity contribution in [1.82, 2.24) is 9.13 Å². The maximum Gasteiger partial charge on any atom is 0.161 e. The van der Waals surface area contributed by atoms with Gasteiger partial charge in [-0.05, 0) is 151 Å². The maximum absolute atomic E-state index is 6.63. The summed E-state index contributed by atoms with van der Waals surface area (Å²) in [4.78, 5) is 0. The minimum absolute atomic E-state index is 0.899. The highest BCUT2D eigenvalue weighted by Gasteiger charge is 2.23. The zero-order valence-electron chi connectivity index (χ0n) is 49.5. The van der Waals surface area contributed by atoms with Crippen LogP contribution < -0.4 is 0 Å². The van der Waals surface area contributed by atoms with Gasteiger partial charge in [0, 0.05) is 73.3 Å². The van der Waals surface area contributed by atoms with E-state index in [0.717, 1.165) is 88.4 Å². The van der Waals surface area contributed by atoms with Crippen LogP contribution in [-0.4, -0.2) is 9.13 Å². The van der Waals surface area contributed by atoms with Crippen LogP contribution in [0, 0.1) is 0 Å². The fraction of sp³-hybridized carbons (Fsp3) is 0. The Balaban J connectivity index is 0.000000132. The molecule has 0 aliphatic heterocycles. The van der Waals surface area contributed by atoms with E-state index < -0.39 is 0 Å². The number of para-hydroxylation sites is 4. The first kappa shape index (κ1) is 52.4. The molecule has 0 amide bonds. The van der Waals surface area contributed by atoms with Gasteiger partial charge in [-0.2, -0.15) is 0 Å². The van der Waals surface area contributed by atoms with E-state index in [2.05, 4.69) is 325 Å². The Morgan fingerprint density at radius 3 is 1.18 bits per heavy atom. The monoisotopic (exact) mass is 1210 g/mol. The highest BCUT2D eigenvalue weighted by Crippen LogP contribution is 2.47. The average molecular weight is 1210 g/mol. The predicted molar refractivity (Wildman–Crippen MR) is 392 cm³/mol. The van der Waals surface area contributed by atoms with Crippen LogP contribution in [0.25, 0.3) is 184 Å². The number of hydrogen-bond acceptors (Lipinski definition) is 4. The molecule has 0 bridgehead atoms. The molecule has 20 aromatic rings. The van der Waals surface area contributed by atoms with Crippen LogP contribution >= 0.6 is 22.7 Å². The van der Waals surface area contributed by atoms with Crippen molar-refractivity contribution in [2.24, 2.45) is 0 Å². The number of benzene rings is 14. The van der Waals surface area contributed by atoms with Gasteiger partial charge in [0.05, 0.1) is 11.0 Å². The zero-order chi connectivity index (χ0) is 60.4. The third-order valence-electron chi connectivity index (χ3n) is 18.6. The van der Waals surface area contributed by atoms with Crippen LogP contribution in [0.1, 0.15) is 0 Å². The van der Waals surface area contributed by atoms with Crippen LogP contribution in [0.2, 0.25) is 0 Å². The molecule has 0 saturated heterocycles. The molecule has 92 heavy (non-hydrogen) atoms. The van der Waals surface area contributed by atoms with Gasteiger partial charge in [0.15, 0.2) is 11.2 Å². The van der Waals surface area contributed by atoms with Crippen molar-refractivity contribution in [1.29, 1.82) is 0 Å². The Hall–Kier alpha value is -11.5. The van der Waals surface area contributed by atoms with E-state index in [1.807, 2.05) is 22.7 Å². The van der Waals surface area contributed by atoms with Crippen molar-refractivity contribution in [2.75, 3.05) is 0 Å². The Morgan fingerprint density at radius 1 is 0.250 bits per heavy atom. The van der Waals surface area contributed by atoms with Gasteiger partial charge in [0.2, 0.25) is 0 Å². The second-order valence-electron chi connectivity index (χ2n) is 23.8. The molecule has 6 heterocycles. The Labute approximate surface area is 536 Å². The quantitative estimate of drug-likeness (QED) is 0.159. The molecule has 0 unspecified atom stereocenters. The van der Waals surface area contributed by atoms with E-state index >= 15 is 0 Å². The first-order valence-electron chi connectivity index (χ1n) is 31.2. The lowest BCUT2D eigenvalue weighted by molar-refractivity contribution is 0.672. The smallest absolute Gasteiger partial charge is 0.161 e. The van der Waals surface area contributed by atoms with Crippen LogP contribution in [0.15, 0.2) is 324 Å². The van der Waals surface area contributed by atoms with E-state index in [0.29, 0.717) is 0 Å². The van der Waals surface area contributed by atoms with Gasteiger partial charge in [0.25, 0.3) is 0 Å². The van der Waals surface area contributed by atoms with Gasteiger partial charge in [-0.25, -0.2) is 0 Å². The number of nitrogens with zero attached hydrogens (tertiary/aromatic N) is 2. The van der Waals surface area contributed by atoms with Gasteiger partial charge >= 0.3 is 0 Å². The number of aromatic nitrogens is 2. The average Bonchev–Trinajstić information content (AvgIpc) is 1.62. The molecule has 0 atom stereocenters. The van der Waals surface area contributed by atoms with Crippen LogP contribution in [0.3, 0.4) is 0 Å². The standard InChI is InChI=1S/C44H27NOS.C42H25NOS/c1-3-11-29(12-4-1)34-17-9-18-37-41-33(16-10-20-40(41)47-44(34)37)30-23-21-28(22-24-30)31-25-26-36-39(27-31)46-43-35-15-7-8-19-38(35)45(42(36)43)32-13-5-2-6-14-32;1-2-10-30(11-3-1)43-36-15-7-6-13-33(36)41-40(43)34-23-22-29(25-37(34)44-41)26-17-19-28(20-18-26)31-14-8-16-38-39(31)35-24-21-27-9-4-5-12-32(27)42(35)45-38/h1-27H;1-25H. The van der Waals surface area contributed by atoms with Crippen molar-refractivity contribution in [3.63, 3.8) is 0 Å². The molecule has 6 aromatic heterocycles. The Kier molecular flexibility index (Phi) is 12.0. The second kappa shape index (κ2) is 21.0. The highest BCUT2D eigenvalue weighted by atomic mass is 32.1. The van der Waals surface area contributed by atoms with Gasteiger partial charge in [-0.15, -0.1) is 22.7 Å². The fourth-order valence-electron chi connectivity index (χ4n) is 14.4. The SMILES string of the molecule is c1ccc(-c2cccc3c2sc2cccc(-c4ccc(-c5ccc6c(c5)oc5c7ccccc7n(-c7ccccc7)c65)cc4)c23)cc1.c1ccc(-n2c3ccccc3c3oc4cc(-c5ccc(-c6cccc7sc8c9ccccc9ccc8c67)cc5)ccc4c32)cc1. The second-order valence-corrected chi connectivity index (χ2v) is 25.9. The number of furan rings is 2. The highest BCUT2D eigenvalue weighted by molar-refractivity contribution is 7.27. The van der Waals surface area contributed by atoms with Gasteiger partial charge in [0.1, 0.15) is 22.2 Å². The van der Waals surface area contributed by atoms with E-state index in [1.54, 1.807) is 0 Å². The number of rotatable bonds is 7. The lowest BCUT2D eigenvalue weighted by atomic mass is 9.95. The van der Waals surface area contributed by atoms with Crippen LogP contribution in [0.5, 0.6) is 0 Å². The minimum Gasteiger partial charge on any atom is -0.454 e. The third kappa shape index (κ3) is 8.28. The molecule has 0 saturated carbocycles. The summed E-state index contributed by atoms with van der Waals surface area (Å²) in [5.74, 6) is 0. The zero-order valence-corrected chi connectivity index (χ0v) is 51.2. The summed E-state index contributed by atoms with van der Waals surface area (Å²) in [7, 11) is 0. The van der Waals surface area contributed by atoms with E-state index in [1.165, 1.54) is 95.6 Å². The molecular weight excluding hydrogens is 1160 g/mol.